The number of amides is 2. The van der Waals surface area contributed by atoms with Gasteiger partial charge in [0.1, 0.15) is 0 Å². The van der Waals surface area contributed by atoms with E-state index >= 15 is 0 Å². The summed E-state index contributed by atoms with van der Waals surface area (Å²) in [5, 5.41) is 0. The van der Waals surface area contributed by atoms with Gasteiger partial charge in [-0.05, 0) is 53.8 Å². The molecule has 29 heavy (non-hydrogen) atoms. The molecule has 0 saturated carbocycles. The Kier molecular flexibility index (Phi) is 5.28. The first-order chi connectivity index (χ1) is 14.0. The van der Waals surface area contributed by atoms with Crippen LogP contribution in [0.2, 0.25) is 0 Å². The summed E-state index contributed by atoms with van der Waals surface area (Å²) in [6.07, 6.45) is 1.95. The number of fused-ring (bicyclic) bond motifs is 1. The Hall–Kier alpha value is -2.86. The predicted molar refractivity (Wildman–Crippen MR) is 110 cm³/mol. The Balaban J connectivity index is 1.55. The number of carbonyl (C=O) groups is 2. The molecule has 6 nitrogen and oxygen atoms in total. The van der Waals surface area contributed by atoms with Gasteiger partial charge in [-0.3, -0.25) is 14.5 Å². The van der Waals surface area contributed by atoms with Crippen LogP contribution >= 0.6 is 0 Å². The molecule has 0 aliphatic carbocycles. The summed E-state index contributed by atoms with van der Waals surface area (Å²) < 4.78 is 10.8. The quantitative estimate of drug-likeness (QED) is 0.730. The van der Waals surface area contributed by atoms with Crippen LogP contribution in [0.5, 0.6) is 11.5 Å². The van der Waals surface area contributed by atoms with Crippen LogP contribution < -0.4 is 14.4 Å². The number of ether oxygens (including phenoxy) is 2. The van der Waals surface area contributed by atoms with Gasteiger partial charge in [0, 0.05) is 13.1 Å². The molecule has 0 N–H and O–H groups in total. The molecular formula is C23H26N2O4. The second-order valence-corrected chi connectivity index (χ2v) is 7.50. The number of nitrogens with zero attached hydrogens (tertiary/aromatic N) is 2. The fourth-order valence-corrected chi connectivity index (χ4v) is 4.22. The third kappa shape index (κ3) is 3.49. The Labute approximate surface area is 171 Å². The molecule has 0 unspecified atom stereocenters. The summed E-state index contributed by atoms with van der Waals surface area (Å²) in [7, 11) is 3.25. The number of hydrogen-bond acceptors (Lipinski definition) is 5. The van der Waals surface area contributed by atoms with E-state index in [1.54, 1.807) is 14.2 Å². The van der Waals surface area contributed by atoms with Gasteiger partial charge >= 0.3 is 0 Å². The minimum atomic E-state index is -0.422. The van der Waals surface area contributed by atoms with E-state index in [9.17, 15) is 9.59 Å². The average Bonchev–Trinajstić information content (AvgIpc) is 3.06. The number of imide groups is 1. The zero-order chi connectivity index (χ0) is 20.5. The third-order valence-electron chi connectivity index (χ3n) is 5.91. The van der Waals surface area contributed by atoms with Crippen LogP contribution in [0.4, 0.5) is 5.69 Å². The number of anilines is 1. The van der Waals surface area contributed by atoms with Gasteiger partial charge in [-0.25, -0.2) is 4.90 Å². The van der Waals surface area contributed by atoms with E-state index in [2.05, 4.69) is 11.8 Å². The highest BCUT2D eigenvalue weighted by molar-refractivity contribution is 6.22. The van der Waals surface area contributed by atoms with Crippen molar-refractivity contribution in [2.45, 2.75) is 38.8 Å². The molecular weight excluding hydrogens is 368 g/mol. The third-order valence-corrected chi connectivity index (χ3v) is 5.91. The summed E-state index contributed by atoms with van der Waals surface area (Å²) >= 11 is 0. The number of rotatable bonds is 5. The SMILES string of the molecule is CCc1ccc(N2C(=O)C[C@@H](N3CCc4cc(OC)c(OC)cc4C3)C2=O)cc1. The van der Waals surface area contributed by atoms with E-state index in [1.807, 2.05) is 36.4 Å². The maximum absolute atomic E-state index is 13.1. The molecule has 152 valence electrons. The monoisotopic (exact) mass is 394 g/mol. The van der Waals surface area contributed by atoms with Gasteiger partial charge in [0.2, 0.25) is 5.91 Å². The van der Waals surface area contributed by atoms with Crippen molar-refractivity contribution in [3.63, 3.8) is 0 Å². The number of benzene rings is 2. The highest BCUT2D eigenvalue weighted by Gasteiger charge is 2.43. The normalized spacial score (nSPS) is 19.4. The summed E-state index contributed by atoms with van der Waals surface area (Å²) in [6.45, 7) is 3.42. The average molecular weight is 394 g/mol. The fourth-order valence-electron chi connectivity index (χ4n) is 4.22. The summed E-state index contributed by atoms with van der Waals surface area (Å²) in [5.41, 5.74) is 4.15. The molecule has 6 heteroatoms. The molecule has 1 fully saturated rings. The second-order valence-electron chi connectivity index (χ2n) is 7.50. The Morgan fingerprint density at radius 1 is 1.00 bits per heavy atom. The van der Waals surface area contributed by atoms with Crippen molar-refractivity contribution in [2.24, 2.45) is 0 Å². The smallest absolute Gasteiger partial charge is 0.251 e. The maximum atomic E-state index is 13.1. The molecule has 0 aromatic heterocycles. The van der Waals surface area contributed by atoms with Gasteiger partial charge in [0.05, 0.1) is 32.4 Å². The van der Waals surface area contributed by atoms with Gasteiger partial charge in [0.15, 0.2) is 11.5 Å². The van der Waals surface area contributed by atoms with Crippen LogP contribution in [0.25, 0.3) is 0 Å². The molecule has 0 bridgehead atoms. The van der Waals surface area contributed by atoms with E-state index in [1.165, 1.54) is 16.0 Å². The molecule has 0 spiro atoms. The van der Waals surface area contributed by atoms with Crippen molar-refractivity contribution in [3.8, 4) is 11.5 Å². The zero-order valence-corrected chi connectivity index (χ0v) is 17.1. The first-order valence-corrected chi connectivity index (χ1v) is 9.99. The summed E-state index contributed by atoms with van der Waals surface area (Å²) in [6, 6.07) is 11.2. The molecule has 1 atom stereocenters. The predicted octanol–water partition coefficient (Wildman–Crippen LogP) is 2.96. The minimum absolute atomic E-state index is 0.136. The highest BCUT2D eigenvalue weighted by Crippen LogP contribution is 2.35. The van der Waals surface area contributed by atoms with Crippen molar-refractivity contribution in [2.75, 3.05) is 25.7 Å². The summed E-state index contributed by atoms with van der Waals surface area (Å²) in [4.78, 5) is 29.2. The number of hydrogen-bond donors (Lipinski definition) is 0. The number of methoxy groups -OCH3 is 2. The molecule has 0 radical (unpaired) electrons. The van der Waals surface area contributed by atoms with Crippen molar-refractivity contribution in [1.82, 2.24) is 4.90 Å². The first kappa shape index (κ1) is 19.5. The van der Waals surface area contributed by atoms with Crippen molar-refractivity contribution in [3.05, 3.63) is 53.1 Å². The molecule has 2 amide bonds. The van der Waals surface area contributed by atoms with Crippen molar-refractivity contribution in [1.29, 1.82) is 0 Å². The van der Waals surface area contributed by atoms with Crippen LogP contribution in [0.1, 0.15) is 30.0 Å². The Morgan fingerprint density at radius 2 is 1.66 bits per heavy atom. The van der Waals surface area contributed by atoms with Crippen molar-refractivity contribution < 1.29 is 19.1 Å². The van der Waals surface area contributed by atoms with E-state index in [0.29, 0.717) is 23.7 Å². The first-order valence-electron chi connectivity index (χ1n) is 9.99. The van der Waals surface area contributed by atoms with Crippen LogP contribution in [-0.2, 0) is 29.0 Å². The molecule has 2 aliphatic heterocycles. The Morgan fingerprint density at radius 3 is 2.28 bits per heavy atom. The van der Waals surface area contributed by atoms with Gasteiger partial charge in [-0.15, -0.1) is 0 Å². The lowest BCUT2D eigenvalue weighted by Crippen LogP contribution is -2.44. The van der Waals surface area contributed by atoms with Crippen LogP contribution in [-0.4, -0.2) is 43.5 Å². The maximum Gasteiger partial charge on any atom is 0.251 e. The van der Waals surface area contributed by atoms with Gasteiger partial charge in [-0.1, -0.05) is 19.1 Å². The number of aryl methyl sites for hydroxylation is 1. The topological polar surface area (TPSA) is 59.1 Å². The number of carbonyl (C=O) groups excluding carboxylic acids is 2. The molecule has 2 aromatic rings. The zero-order valence-electron chi connectivity index (χ0n) is 17.1. The van der Waals surface area contributed by atoms with Gasteiger partial charge in [0.25, 0.3) is 5.91 Å². The lowest BCUT2D eigenvalue weighted by atomic mass is 9.97. The van der Waals surface area contributed by atoms with E-state index in [0.717, 1.165) is 24.9 Å². The fraction of sp³-hybridized carbons (Fsp3) is 0.391. The molecule has 2 aliphatic rings. The Bertz CT molecular complexity index is 939. The molecule has 2 heterocycles. The van der Waals surface area contributed by atoms with Crippen molar-refractivity contribution >= 4 is 17.5 Å². The molecule has 2 aromatic carbocycles. The van der Waals surface area contributed by atoms with E-state index in [4.69, 9.17) is 9.47 Å². The van der Waals surface area contributed by atoms with Crippen LogP contribution in [0.15, 0.2) is 36.4 Å². The molecule has 1 saturated heterocycles. The van der Waals surface area contributed by atoms with Gasteiger partial charge < -0.3 is 9.47 Å². The van der Waals surface area contributed by atoms with Gasteiger partial charge in [-0.2, -0.15) is 0 Å². The lowest BCUT2D eigenvalue weighted by molar-refractivity contribution is -0.123. The lowest BCUT2D eigenvalue weighted by Gasteiger charge is -2.32. The second kappa shape index (κ2) is 7.87. The molecule has 4 rings (SSSR count). The highest BCUT2D eigenvalue weighted by atomic mass is 16.5. The minimum Gasteiger partial charge on any atom is -0.493 e. The van der Waals surface area contributed by atoms with E-state index in [-0.39, 0.29) is 18.2 Å². The standard InChI is InChI=1S/C23H26N2O4/c1-4-15-5-7-18(8-6-15)25-22(26)13-19(23(25)27)24-10-9-16-11-20(28-2)21(29-3)12-17(16)14-24/h5-8,11-12,19H,4,9-10,13-14H2,1-3H3/t19-/m1/s1. The largest absolute Gasteiger partial charge is 0.493 e. The summed E-state index contributed by atoms with van der Waals surface area (Å²) in [5.74, 6) is 1.12. The van der Waals surface area contributed by atoms with E-state index < -0.39 is 6.04 Å². The van der Waals surface area contributed by atoms with Crippen LogP contribution in [0.3, 0.4) is 0 Å². The van der Waals surface area contributed by atoms with Crippen LogP contribution in [0, 0.1) is 0 Å².